The van der Waals surface area contributed by atoms with E-state index < -0.39 is 173 Å². The molecule has 0 spiro atoms. The first-order valence-electron chi connectivity index (χ1n) is 39.6. The van der Waals surface area contributed by atoms with Crippen LogP contribution in [0.25, 0.3) is 0 Å². The number of guanidine groups is 2. The third-order valence-electron chi connectivity index (χ3n) is 19.1. The number of nitrogens with zero attached hydrogens (tertiary/aromatic N) is 1. The highest BCUT2D eigenvalue weighted by Crippen LogP contribution is 2.22. The molecule has 1 aliphatic heterocycles. The fourth-order valence-electron chi connectivity index (χ4n) is 12.4. The molecule has 0 aromatic rings. The maximum atomic E-state index is 14.8. The number of primary amides is 1. The number of hydrogen-bond acceptors (Lipinski definition) is 16. The van der Waals surface area contributed by atoms with Gasteiger partial charge in [-0.3, -0.25) is 77.9 Å². The fraction of sp³-hybridized carbons (Fsp3) is 0.787. The molecule has 0 aromatic heterocycles. The van der Waals surface area contributed by atoms with E-state index in [0.29, 0.717) is 25.7 Å². The van der Waals surface area contributed by atoms with Crippen molar-refractivity contribution in [1.29, 1.82) is 10.8 Å². The van der Waals surface area contributed by atoms with Gasteiger partial charge in [0.1, 0.15) is 72.5 Å². The van der Waals surface area contributed by atoms with E-state index in [1.807, 2.05) is 34.6 Å². The summed E-state index contributed by atoms with van der Waals surface area (Å²) >= 11 is 0. The van der Waals surface area contributed by atoms with Gasteiger partial charge in [-0.1, -0.05) is 160 Å². The summed E-state index contributed by atoms with van der Waals surface area (Å²) < 4.78 is 0. The molecule has 14 amide bonds. The number of nitrogens with two attached hydrogens (primary N) is 3. The number of carbonyl (C=O) groups is 14. The van der Waals surface area contributed by atoms with Gasteiger partial charge in [-0.25, -0.2) is 0 Å². The van der Waals surface area contributed by atoms with Crippen LogP contribution in [0.15, 0.2) is 0 Å². The molecule has 1 aliphatic rings. The number of likely N-dealkylation sites (N-methyl/N-ethyl adjacent to an activating group) is 1. The molecule has 622 valence electrons. The highest BCUT2D eigenvalue weighted by molar-refractivity contribution is 6.00. The third-order valence-corrected chi connectivity index (χ3v) is 19.1. The van der Waals surface area contributed by atoms with Crippen molar-refractivity contribution in [2.45, 2.75) is 324 Å². The number of likely N-dealkylation sites (tertiary alicyclic amines) is 1. The van der Waals surface area contributed by atoms with Gasteiger partial charge in [-0.2, -0.15) is 0 Å². The molecule has 1 rings (SSSR count). The highest BCUT2D eigenvalue weighted by atomic mass is 16.2. The van der Waals surface area contributed by atoms with Gasteiger partial charge in [0.2, 0.25) is 82.7 Å². The predicted octanol–water partition coefficient (Wildman–Crippen LogP) is 1.45. The Kier molecular flexibility index (Phi) is 47.8. The Balaban J connectivity index is 3.27. The molecule has 0 unspecified atom stereocenters. The first-order valence-corrected chi connectivity index (χ1v) is 39.6. The van der Waals surface area contributed by atoms with Crippen LogP contribution in [0.1, 0.15) is 251 Å². The number of hydrogen-bond donors (Lipinski definition) is 19. The van der Waals surface area contributed by atoms with Crippen molar-refractivity contribution in [3.05, 3.63) is 0 Å². The number of amides is 14. The molecule has 34 heteroatoms. The van der Waals surface area contributed by atoms with Crippen LogP contribution in [0.4, 0.5) is 0 Å². The Labute approximate surface area is 646 Å². The van der Waals surface area contributed by atoms with E-state index in [2.05, 4.69) is 81.4 Å². The monoisotopic (exact) mass is 1540 g/mol. The summed E-state index contributed by atoms with van der Waals surface area (Å²) in [6, 6.07) is -15.1. The van der Waals surface area contributed by atoms with Crippen molar-refractivity contribution in [3.63, 3.8) is 0 Å². The van der Waals surface area contributed by atoms with Crippen LogP contribution >= 0.6 is 0 Å². The van der Waals surface area contributed by atoms with Crippen LogP contribution < -0.4 is 91.6 Å². The number of carbonyl (C=O) groups excluding carboxylic acids is 14. The zero-order valence-corrected chi connectivity index (χ0v) is 67.8. The lowest BCUT2D eigenvalue weighted by Gasteiger charge is -2.32. The normalized spacial score (nSPS) is 16.0. The Morgan fingerprint density at radius 3 is 1.26 bits per heavy atom. The van der Waals surface area contributed by atoms with Crippen molar-refractivity contribution < 1.29 is 67.1 Å². The second-order valence-corrected chi connectivity index (χ2v) is 30.6. The first kappa shape index (κ1) is 98.1. The maximum Gasteiger partial charge on any atom is 0.245 e. The molecular weight excluding hydrogens is 1400 g/mol. The molecule has 0 radical (unpaired) electrons. The zero-order chi connectivity index (χ0) is 82.6. The molecule has 0 saturated carbocycles. The van der Waals surface area contributed by atoms with Gasteiger partial charge in [0.15, 0.2) is 11.9 Å². The number of rotatable bonds is 55. The van der Waals surface area contributed by atoms with E-state index in [4.69, 9.17) is 28.0 Å². The minimum atomic E-state index is -1.69. The smallest absolute Gasteiger partial charge is 0.245 e. The van der Waals surface area contributed by atoms with Crippen molar-refractivity contribution in [2.75, 3.05) is 26.7 Å². The van der Waals surface area contributed by atoms with Gasteiger partial charge in [0.05, 0.1) is 6.42 Å². The highest BCUT2D eigenvalue weighted by Gasteiger charge is 2.42. The summed E-state index contributed by atoms with van der Waals surface area (Å²) in [5.41, 5.74) is 16.4. The summed E-state index contributed by atoms with van der Waals surface area (Å²) in [5.74, 6) is -12.7. The molecule has 13 atom stereocenters. The largest absolute Gasteiger partial charge is 0.370 e. The van der Waals surface area contributed by atoms with Gasteiger partial charge >= 0.3 is 0 Å². The van der Waals surface area contributed by atoms with Gasteiger partial charge in [0.25, 0.3) is 0 Å². The second kappa shape index (κ2) is 53.1. The Morgan fingerprint density at radius 1 is 0.413 bits per heavy atom. The van der Waals surface area contributed by atoms with E-state index in [1.54, 1.807) is 34.6 Å². The standard InChI is InChI=1S/C75H138N20O14/c1-16-18-19-20-21-22-23-24-25-26-27-28-29-36-58(97)87-54(41-44(5)6)67(103)85-50(14)64(100)94-61(47(11)17-2)72(108)93-60(46(9)10)71(107)89-52(34-31-38-83-75(79)80)73(109)95-39-32-35-56(95)69(105)92-59(45(7)8)70(106)86-49(13)63(99)90-55(42-57(76)96)68(104)84-48(12)62(98)88-51(33-30-37-82-74(77)78)66(102)91-53(40-43(3)4)65(101)81-15/h43-56,59-61H,16-42H2,1-15H3,(H2,76,96)(H,81,101)(H,84,104)(H,85,103)(H,86,106)(H,87,97)(H,88,98)(H,89,107)(H,90,99)(H,91,102)(H,92,105)(H,93,108)(H,94,100)(H4,77,78,82)(H4,79,80,83)/t47-,48-,49-,50-,51-,52-,53-,54-,55-,56-,59-,60-,61-/m0/s1. The third kappa shape index (κ3) is 39.4. The van der Waals surface area contributed by atoms with Crippen LogP contribution in [-0.2, 0) is 67.1 Å². The van der Waals surface area contributed by atoms with E-state index >= 15 is 0 Å². The first-order chi connectivity index (χ1) is 51.3. The zero-order valence-electron chi connectivity index (χ0n) is 67.8. The van der Waals surface area contributed by atoms with Crippen molar-refractivity contribution in [3.8, 4) is 0 Å². The lowest BCUT2D eigenvalue weighted by atomic mass is 9.96. The SMILES string of the molecule is CCCCCCCCCCCCCCCC(=O)N[C@@H](CC(C)C)C(=O)N[C@@H](C)C(=O)N[C@H](C(=O)N[C@H](C(=O)N[C@@H](CCCNC(=N)N)C(=O)N1CCC[C@H]1C(=O)N[C@H](C(=O)N[C@@H](C)C(=O)N[C@@H](CC(N)=O)C(=O)N[C@@H](C)C(=O)N[C@@H](CCCNC(=N)N)C(=O)N[C@@H](CC(C)C)C(=O)NC)C(C)C)C(C)C)[C@@H](C)CC. The molecule has 109 heavy (non-hydrogen) atoms. The summed E-state index contributed by atoms with van der Waals surface area (Å²) in [4.78, 5) is 194. The van der Waals surface area contributed by atoms with Gasteiger partial charge in [0, 0.05) is 33.1 Å². The summed E-state index contributed by atoms with van der Waals surface area (Å²) in [7, 11) is 1.41. The van der Waals surface area contributed by atoms with E-state index in [9.17, 15) is 67.1 Å². The molecule has 0 aromatic carbocycles. The van der Waals surface area contributed by atoms with Crippen LogP contribution in [0.3, 0.4) is 0 Å². The topological polar surface area (TPSA) is 536 Å². The van der Waals surface area contributed by atoms with E-state index in [0.717, 1.165) is 19.3 Å². The number of unbranched alkanes of at least 4 members (excludes halogenated alkanes) is 12. The Morgan fingerprint density at radius 2 is 0.798 bits per heavy atom. The van der Waals surface area contributed by atoms with Crippen LogP contribution in [0, 0.1) is 40.4 Å². The predicted molar refractivity (Wildman–Crippen MR) is 418 cm³/mol. The van der Waals surface area contributed by atoms with Gasteiger partial charge < -0.3 is 96.5 Å². The molecule has 22 N–H and O–H groups in total. The summed E-state index contributed by atoms with van der Waals surface area (Å²) in [5, 5.41) is 52.1. The molecule has 1 heterocycles. The molecule has 0 bridgehead atoms. The van der Waals surface area contributed by atoms with Crippen molar-refractivity contribution in [2.24, 2.45) is 46.8 Å². The molecule has 1 fully saturated rings. The maximum absolute atomic E-state index is 14.8. The lowest BCUT2D eigenvalue weighted by molar-refractivity contribution is -0.143. The molecule has 34 nitrogen and oxygen atoms in total. The minimum absolute atomic E-state index is 0.00342. The Bertz CT molecular complexity index is 2950. The molecule has 0 aliphatic carbocycles. The van der Waals surface area contributed by atoms with Crippen LogP contribution in [-0.4, -0.2) is 199 Å². The second-order valence-electron chi connectivity index (χ2n) is 30.6. The van der Waals surface area contributed by atoms with E-state index in [-0.39, 0.29) is 94.2 Å². The minimum Gasteiger partial charge on any atom is -0.370 e. The fourth-order valence-corrected chi connectivity index (χ4v) is 12.4. The summed E-state index contributed by atoms with van der Waals surface area (Å²) in [6.07, 6.45) is 16.5. The average molecular weight is 1540 g/mol. The van der Waals surface area contributed by atoms with E-state index in [1.165, 1.54) is 90.5 Å². The molecule has 1 saturated heterocycles. The Hall–Kier alpha value is -8.88. The van der Waals surface area contributed by atoms with Crippen LogP contribution in [0.5, 0.6) is 0 Å². The molecular formula is C75H138N20O14. The van der Waals surface area contributed by atoms with Crippen molar-refractivity contribution >= 4 is 94.6 Å². The summed E-state index contributed by atoms with van der Waals surface area (Å²) in [6.45, 7) is 24.2. The quantitative estimate of drug-likeness (QED) is 0.0233. The average Bonchev–Trinajstić information content (AvgIpc) is 1.73. The van der Waals surface area contributed by atoms with Crippen LogP contribution in [0.2, 0.25) is 0 Å². The van der Waals surface area contributed by atoms with Crippen molar-refractivity contribution in [1.82, 2.24) is 79.3 Å². The number of nitrogens with one attached hydrogen (secondary N) is 16. The van der Waals surface area contributed by atoms with Gasteiger partial charge in [-0.05, 0) is 108 Å². The van der Waals surface area contributed by atoms with Gasteiger partial charge in [-0.15, -0.1) is 0 Å². The lowest BCUT2D eigenvalue weighted by Crippen LogP contribution is -2.62.